The monoisotopic (exact) mass is 447 g/mol. The summed E-state index contributed by atoms with van der Waals surface area (Å²) in [5, 5.41) is 4.42. The van der Waals surface area contributed by atoms with E-state index in [0.717, 1.165) is 30.3 Å². The standard InChI is InChI=1S/C26H33N5S/c1-18-19(2)31(21-12-7-6-8-13-21)20(3)23(18)25-24(22-14-9-10-15-27-22)28-26(32)30(25)17-11-16-29(4)5/h6-10,12-15,24-25H,11,16-17H2,1-5H3,(H,28,32)/t24-,25-/m1/s1. The molecule has 32 heavy (non-hydrogen) atoms. The lowest BCUT2D eigenvalue weighted by atomic mass is 9.93. The zero-order valence-electron chi connectivity index (χ0n) is 19.7. The van der Waals surface area contributed by atoms with Crippen molar-refractivity contribution in [3.05, 3.63) is 82.9 Å². The minimum atomic E-state index is 0.0199. The van der Waals surface area contributed by atoms with Gasteiger partial charge in [-0.25, -0.2) is 0 Å². The van der Waals surface area contributed by atoms with E-state index >= 15 is 0 Å². The summed E-state index contributed by atoms with van der Waals surface area (Å²) in [7, 11) is 4.23. The van der Waals surface area contributed by atoms with Crippen LogP contribution in [0.5, 0.6) is 0 Å². The van der Waals surface area contributed by atoms with Crippen LogP contribution in [0.15, 0.2) is 54.7 Å². The molecule has 1 aliphatic heterocycles. The highest BCUT2D eigenvalue weighted by Gasteiger charge is 2.42. The van der Waals surface area contributed by atoms with E-state index in [0.29, 0.717) is 0 Å². The number of nitrogens with one attached hydrogen (secondary N) is 1. The van der Waals surface area contributed by atoms with Crippen LogP contribution >= 0.6 is 12.2 Å². The number of aromatic nitrogens is 2. The predicted molar refractivity (Wildman–Crippen MR) is 135 cm³/mol. The molecule has 1 aliphatic rings. The van der Waals surface area contributed by atoms with Gasteiger partial charge >= 0.3 is 0 Å². The van der Waals surface area contributed by atoms with Crippen molar-refractivity contribution >= 4 is 17.3 Å². The quantitative estimate of drug-likeness (QED) is 0.530. The zero-order valence-corrected chi connectivity index (χ0v) is 20.5. The van der Waals surface area contributed by atoms with Crippen molar-refractivity contribution in [2.24, 2.45) is 0 Å². The number of rotatable bonds is 7. The van der Waals surface area contributed by atoms with Gasteiger partial charge < -0.3 is 19.7 Å². The van der Waals surface area contributed by atoms with Gasteiger partial charge in [-0.15, -0.1) is 0 Å². The molecule has 2 atom stereocenters. The Morgan fingerprint density at radius 2 is 1.72 bits per heavy atom. The summed E-state index contributed by atoms with van der Waals surface area (Å²) in [6.07, 6.45) is 2.92. The molecule has 168 valence electrons. The first-order valence-corrected chi connectivity index (χ1v) is 11.7. The number of benzene rings is 1. The molecule has 0 unspecified atom stereocenters. The molecule has 0 amide bonds. The summed E-state index contributed by atoms with van der Waals surface area (Å²) in [6.45, 7) is 8.63. The van der Waals surface area contributed by atoms with Gasteiger partial charge in [0.1, 0.15) is 0 Å². The molecule has 6 heteroatoms. The molecule has 1 fully saturated rings. The average Bonchev–Trinajstić information content (AvgIpc) is 3.22. The van der Waals surface area contributed by atoms with Gasteiger partial charge in [0.2, 0.25) is 0 Å². The molecule has 3 heterocycles. The molecule has 0 saturated carbocycles. The summed E-state index contributed by atoms with van der Waals surface area (Å²) in [5.74, 6) is 0. The smallest absolute Gasteiger partial charge is 0.170 e. The van der Waals surface area contributed by atoms with Gasteiger partial charge in [-0.3, -0.25) is 4.98 Å². The Labute approximate surface area is 197 Å². The van der Waals surface area contributed by atoms with E-state index in [9.17, 15) is 0 Å². The van der Waals surface area contributed by atoms with Crippen molar-refractivity contribution in [3.63, 3.8) is 0 Å². The number of para-hydroxylation sites is 1. The van der Waals surface area contributed by atoms with Crippen LogP contribution in [0, 0.1) is 20.8 Å². The van der Waals surface area contributed by atoms with Crippen LogP contribution in [0.25, 0.3) is 5.69 Å². The fraction of sp³-hybridized carbons (Fsp3) is 0.385. The third-order valence-electron chi connectivity index (χ3n) is 6.52. The maximum atomic E-state index is 5.86. The summed E-state index contributed by atoms with van der Waals surface area (Å²) in [6, 6.07) is 16.8. The van der Waals surface area contributed by atoms with Gasteiger partial charge in [0.15, 0.2) is 5.11 Å². The number of thiocarbonyl (C=S) groups is 1. The van der Waals surface area contributed by atoms with Crippen molar-refractivity contribution in [3.8, 4) is 5.69 Å². The Morgan fingerprint density at radius 1 is 1.00 bits per heavy atom. The fourth-order valence-corrected chi connectivity index (χ4v) is 5.26. The molecule has 0 spiro atoms. The molecule has 3 aromatic rings. The molecular formula is C26H33N5S. The highest BCUT2D eigenvalue weighted by molar-refractivity contribution is 7.80. The highest BCUT2D eigenvalue weighted by atomic mass is 32.1. The van der Waals surface area contributed by atoms with Crippen LogP contribution in [-0.2, 0) is 0 Å². The SMILES string of the molecule is Cc1c([C@@H]2[C@@H](c3ccccn3)NC(=S)N2CCCN(C)C)c(C)n(-c2ccccc2)c1C. The minimum Gasteiger partial charge on any atom is -0.352 e. The molecule has 0 aliphatic carbocycles. The summed E-state index contributed by atoms with van der Waals surface area (Å²) < 4.78 is 2.37. The normalized spacial score (nSPS) is 18.4. The van der Waals surface area contributed by atoms with Gasteiger partial charge in [0, 0.05) is 35.4 Å². The van der Waals surface area contributed by atoms with Crippen molar-refractivity contribution in [1.82, 2.24) is 24.7 Å². The van der Waals surface area contributed by atoms with Crippen LogP contribution < -0.4 is 5.32 Å². The Bertz CT molecular complexity index is 1070. The molecule has 1 aromatic carbocycles. The summed E-state index contributed by atoms with van der Waals surface area (Å²) in [4.78, 5) is 9.30. The molecule has 0 radical (unpaired) electrons. The van der Waals surface area contributed by atoms with Crippen LogP contribution in [0.1, 0.15) is 46.7 Å². The predicted octanol–water partition coefficient (Wildman–Crippen LogP) is 4.72. The molecule has 1 N–H and O–H groups in total. The first kappa shape index (κ1) is 22.5. The molecule has 5 nitrogen and oxygen atoms in total. The van der Waals surface area contributed by atoms with Crippen LogP contribution in [0.3, 0.4) is 0 Å². The van der Waals surface area contributed by atoms with Crippen LogP contribution in [0.4, 0.5) is 0 Å². The van der Waals surface area contributed by atoms with E-state index in [1.165, 1.54) is 28.2 Å². The number of pyridine rings is 1. The second-order valence-electron chi connectivity index (χ2n) is 8.86. The minimum absolute atomic E-state index is 0.0199. The van der Waals surface area contributed by atoms with Gasteiger partial charge in [-0.05, 0) is 89.9 Å². The van der Waals surface area contributed by atoms with Gasteiger partial charge in [0.25, 0.3) is 0 Å². The Kier molecular flexibility index (Phi) is 6.63. The van der Waals surface area contributed by atoms with E-state index in [1.807, 2.05) is 12.3 Å². The largest absolute Gasteiger partial charge is 0.352 e. The Hall–Kier alpha value is -2.70. The van der Waals surface area contributed by atoms with Crippen molar-refractivity contribution < 1.29 is 0 Å². The Balaban J connectivity index is 1.81. The van der Waals surface area contributed by atoms with Crippen LogP contribution in [0.2, 0.25) is 0 Å². The number of hydrogen-bond acceptors (Lipinski definition) is 3. The highest BCUT2D eigenvalue weighted by Crippen LogP contribution is 2.43. The van der Waals surface area contributed by atoms with E-state index in [-0.39, 0.29) is 12.1 Å². The third kappa shape index (κ3) is 4.17. The molecule has 4 rings (SSSR count). The lowest BCUT2D eigenvalue weighted by Crippen LogP contribution is -2.32. The summed E-state index contributed by atoms with van der Waals surface area (Å²) >= 11 is 5.86. The van der Waals surface area contributed by atoms with E-state index in [2.05, 4.69) is 97.0 Å². The lowest BCUT2D eigenvalue weighted by molar-refractivity contribution is 0.291. The fourth-order valence-electron chi connectivity index (χ4n) is 4.92. The Morgan fingerprint density at radius 3 is 2.38 bits per heavy atom. The maximum Gasteiger partial charge on any atom is 0.170 e. The van der Waals surface area contributed by atoms with Gasteiger partial charge in [0.05, 0.1) is 17.8 Å². The first-order chi connectivity index (χ1) is 15.4. The second kappa shape index (κ2) is 9.43. The molecule has 0 bridgehead atoms. The van der Waals surface area contributed by atoms with Gasteiger partial charge in [-0.1, -0.05) is 24.3 Å². The summed E-state index contributed by atoms with van der Waals surface area (Å²) in [5.41, 5.74) is 7.43. The third-order valence-corrected chi connectivity index (χ3v) is 6.87. The average molecular weight is 448 g/mol. The number of nitrogens with zero attached hydrogens (tertiary/aromatic N) is 4. The maximum absolute atomic E-state index is 5.86. The lowest BCUT2D eigenvalue weighted by Gasteiger charge is -2.29. The van der Waals surface area contributed by atoms with E-state index in [4.69, 9.17) is 17.2 Å². The van der Waals surface area contributed by atoms with Crippen LogP contribution in [-0.4, -0.2) is 51.6 Å². The molecular weight excluding hydrogens is 414 g/mol. The number of hydrogen-bond donors (Lipinski definition) is 1. The zero-order chi connectivity index (χ0) is 22.8. The topological polar surface area (TPSA) is 36.3 Å². The second-order valence-corrected chi connectivity index (χ2v) is 9.24. The van der Waals surface area contributed by atoms with Crippen molar-refractivity contribution in [2.45, 2.75) is 39.3 Å². The molecule has 2 aromatic heterocycles. The van der Waals surface area contributed by atoms with E-state index in [1.54, 1.807) is 0 Å². The first-order valence-electron chi connectivity index (χ1n) is 11.3. The molecule has 1 saturated heterocycles. The van der Waals surface area contributed by atoms with E-state index < -0.39 is 0 Å². The van der Waals surface area contributed by atoms with Crippen molar-refractivity contribution in [2.75, 3.05) is 27.2 Å². The van der Waals surface area contributed by atoms with Gasteiger partial charge in [-0.2, -0.15) is 0 Å². The van der Waals surface area contributed by atoms with Crippen molar-refractivity contribution in [1.29, 1.82) is 0 Å².